The fourth-order valence-electron chi connectivity index (χ4n) is 2.05. The van der Waals surface area contributed by atoms with Gasteiger partial charge in [0.1, 0.15) is 12.4 Å². The second-order valence-electron chi connectivity index (χ2n) is 4.60. The van der Waals surface area contributed by atoms with Crippen LogP contribution in [0.15, 0.2) is 48.5 Å². The topological polar surface area (TPSA) is 25.0 Å². The zero-order chi connectivity index (χ0) is 13.2. The molecular formula is C16H14ClNO. The van der Waals surface area contributed by atoms with Crippen LogP contribution in [0.4, 0.5) is 0 Å². The molecule has 0 aliphatic heterocycles. The van der Waals surface area contributed by atoms with Gasteiger partial charge in [0, 0.05) is 5.39 Å². The van der Waals surface area contributed by atoms with Crippen LogP contribution in [0.1, 0.15) is 11.3 Å². The maximum Gasteiger partial charge on any atom is 0.128 e. The fourth-order valence-corrected chi connectivity index (χ4v) is 2.28. The third-order valence-corrected chi connectivity index (χ3v) is 3.39. The quantitative estimate of drug-likeness (QED) is 0.733. The molecule has 0 unspecified atom stereocenters. The first-order chi connectivity index (χ1) is 9.22. The summed E-state index contributed by atoms with van der Waals surface area (Å²) in [5, 5.41) is 1.84. The number of rotatable bonds is 3. The summed E-state index contributed by atoms with van der Waals surface area (Å²) in [6.07, 6.45) is 0. The van der Waals surface area contributed by atoms with Crippen LogP contribution in [0, 0.1) is 6.92 Å². The minimum Gasteiger partial charge on any atom is -0.487 e. The predicted octanol–water partition coefficient (Wildman–Crippen LogP) is 4.71. The molecule has 0 fully saturated rings. The fraction of sp³-hybridized carbons (Fsp3) is 0.125. The number of aromatic amines is 1. The third kappa shape index (κ3) is 2.59. The summed E-state index contributed by atoms with van der Waals surface area (Å²) in [5.74, 6) is 0.871. The molecule has 0 atom stereocenters. The summed E-state index contributed by atoms with van der Waals surface area (Å²) >= 11 is 6.13. The van der Waals surface area contributed by atoms with Gasteiger partial charge in [0.05, 0.1) is 16.2 Å². The van der Waals surface area contributed by atoms with Gasteiger partial charge in [-0.3, -0.25) is 0 Å². The minimum atomic E-state index is 0.508. The first kappa shape index (κ1) is 12.1. The van der Waals surface area contributed by atoms with Crippen molar-refractivity contribution in [1.29, 1.82) is 0 Å². The van der Waals surface area contributed by atoms with Gasteiger partial charge in [-0.15, -0.1) is 0 Å². The maximum atomic E-state index is 6.13. The number of H-pyrrole nitrogens is 1. The molecule has 0 radical (unpaired) electrons. The number of aryl methyl sites for hydroxylation is 1. The monoisotopic (exact) mass is 271 g/mol. The van der Waals surface area contributed by atoms with E-state index in [-0.39, 0.29) is 0 Å². The van der Waals surface area contributed by atoms with Crippen LogP contribution in [0.3, 0.4) is 0 Å². The highest BCUT2D eigenvalue weighted by Gasteiger charge is 2.04. The lowest BCUT2D eigenvalue weighted by molar-refractivity contribution is 0.302. The number of ether oxygens (including phenoxy) is 1. The molecule has 3 rings (SSSR count). The average Bonchev–Trinajstić information content (AvgIpc) is 2.83. The maximum absolute atomic E-state index is 6.13. The predicted molar refractivity (Wildman–Crippen MR) is 78.8 cm³/mol. The molecule has 3 aromatic rings. The van der Waals surface area contributed by atoms with Crippen molar-refractivity contribution in [2.45, 2.75) is 13.5 Å². The highest BCUT2D eigenvalue weighted by Crippen LogP contribution is 2.24. The van der Waals surface area contributed by atoms with Gasteiger partial charge < -0.3 is 9.72 Å². The average molecular weight is 272 g/mol. The molecule has 19 heavy (non-hydrogen) atoms. The van der Waals surface area contributed by atoms with Crippen molar-refractivity contribution < 1.29 is 4.74 Å². The summed E-state index contributed by atoms with van der Waals surface area (Å²) in [6.45, 7) is 2.57. The van der Waals surface area contributed by atoms with Crippen molar-refractivity contribution in [2.24, 2.45) is 0 Å². The van der Waals surface area contributed by atoms with Crippen molar-refractivity contribution >= 4 is 22.5 Å². The van der Waals surface area contributed by atoms with Gasteiger partial charge in [-0.25, -0.2) is 0 Å². The van der Waals surface area contributed by atoms with Crippen LogP contribution in [0.5, 0.6) is 5.75 Å². The third-order valence-electron chi connectivity index (χ3n) is 3.08. The molecule has 1 N–H and O–H groups in total. The van der Waals surface area contributed by atoms with Crippen LogP contribution < -0.4 is 4.74 Å². The van der Waals surface area contributed by atoms with Crippen LogP contribution in [-0.4, -0.2) is 4.98 Å². The minimum absolute atomic E-state index is 0.508. The largest absolute Gasteiger partial charge is 0.487 e. The zero-order valence-corrected chi connectivity index (χ0v) is 11.4. The Labute approximate surface area is 117 Å². The van der Waals surface area contributed by atoms with Crippen LogP contribution in [0.25, 0.3) is 10.9 Å². The van der Waals surface area contributed by atoms with Gasteiger partial charge in [-0.2, -0.15) is 0 Å². The van der Waals surface area contributed by atoms with Crippen LogP contribution >= 0.6 is 11.6 Å². The lowest BCUT2D eigenvalue weighted by Crippen LogP contribution is -1.95. The molecule has 0 saturated heterocycles. The van der Waals surface area contributed by atoms with E-state index in [0.29, 0.717) is 6.61 Å². The van der Waals surface area contributed by atoms with Crippen molar-refractivity contribution in [3.63, 3.8) is 0 Å². The molecule has 0 aliphatic carbocycles. The molecule has 1 heterocycles. The van der Waals surface area contributed by atoms with Gasteiger partial charge in [-0.05, 0) is 31.2 Å². The molecule has 0 saturated carbocycles. The summed E-state index contributed by atoms with van der Waals surface area (Å²) in [4.78, 5) is 3.29. The molecule has 0 spiro atoms. The Bertz CT molecular complexity index is 700. The molecule has 3 heteroatoms. The Hall–Kier alpha value is -1.93. The second kappa shape index (κ2) is 4.98. The number of para-hydroxylation sites is 1. The van der Waals surface area contributed by atoms with E-state index in [9.17, 15) is 0 Å². The Balaban J connectivity index is 1.78. The van der Waals surface area contributed by atoms with Crippen LogP contribution in [0.2, 0.25) is 5.02 Å². The van der Waals surface area contributed by atoms with E-state index >= 15 is 0 Å². The molecule has 0 amide bonds. The van der Waals surface area contributed by atoms with Crippen molar-refractivity contribution in [3.8, 4) is 5.75 Å². The second-order valence-corrected chi connectivity index (χ2v) is 5.01. The number of benzene rings is 2. The first-order valence-corrected chi connectivity index (χ1v) is 6.56. The first-order valence-electron chi connectivity index (χ1n) is 6.18. The summed E-state index contributed by atoms with van der Waals surface area (Å²) in [5.41, 5.74) is 3.21. The molecule has 0 bridgehead atoms. The smallest absolute Gasteiger partial charge is 0.128 e. The molecule has 2 aromatic carbocycles. The van der Waals surface area contributed by atoms with E-state index in [1.807, 2.05) is 42.5 Å². The number of aromatic nitrogens is 1. The van der Waals surface area contributed by atoms with Gasteiger partial charge >= 0.3 is 0 Å². The molecule has 1 aromatic heterocycles. The zero-order valence-electron chi connectivity index (χ0n) is 10.6. The summed E-state index contributed by atoms with van der Waals surface area (Å²) < 4.78 is 5.74. The lowest BCUT2D eigenvalue weighted by Gasteiger charge is -2.04. The number of nitrogens with one attached hydrogen (secondary N) is 1. The SMILES string of the molecule is Cc1ccc(OCc2cc3cccc(Cl)c3[nH]2)cc1. The van der Waals surface area contributed by atoms with Gasteiger partial charge in [-0.1, -0.05) is 41.4 Å². The Morgan fingerprint density at radius 2 is 1.89 bits per heavy atom. The van der Waals surface area contributed by atoms with E-state index in [4.69, 9.17) is 16.3 Å². The number of hydrogen-bond acceptors (Lipinski definition) is 1. The van der Waals surface area contributed by atoms with Crippen molar-refractivity contribution in [2.75, 3.05) is 0 Å². The Kier molecular flexibility index (Phi) is 3.18. The standard InChI is InChI=1S/C16H14ClNO/c1-11-5-7-14(8-6-11)19-10-13-9-12-3-2-4-15(17)16(12)18-13/h2-9,18H,10H2,1H3. The normalized spacial score (nSPS) is 10.8. The molecular weight excluding hydrogens is 258 g/mol. The highest BCUT2D eigenvalue weighted by molar-refractivity contribution is 6.35. The van der Waals surface area contributed by atoms with Gasteiger partial charge in [0.15, 0.2) is 0 Å². The van der Waals surface area contributed by atoms with Crippen molar-refractivity contribution in [3.05, 3.63) is 64.8 Å². The Morgan fingerprint density at radius 1 is 1.11 bits per heavy atom. The number of fused-ring (bicyclic) bond motifs is 1. The van der Waals surface area contributed by atoms with E-state index < -0.39 is 0 Å². The Morgan fingerprint density at radius 3 is 2.63 bits per heavy atom. The summed E-state index contributed by atoms with van der Waals surface area (Å²) in [6, 6.07) is 16.0. The summed E-state index contributed by atoms with van der Waals surface area (Å²) in [7, 11) is 0. The number of hydrogen-bond donors (Lipinski definition) is 1. The van der Waals surface area contributed by atoms with E-state index in [1.165, 1.54) is 5.56 Å². The van der Waals surface area contributed by atoms with Gasteiger partial charge in [0.25, 0.3) is 0 Å². The lowest BCUT2D eigenvalue weighted by atomic mass is 10.2. The van der Waals surface area contributed by atoms with Crippen molar-refractivity contribution in [1.82, 2.24) is 4.98 Å². The van der Waals surface area contributed by atoms with Crippen LogP contribution in [-0.2, 0) is 6.61 Å². The molecule has 96 valence electrons. The van der Waals surface area contributed by atoms with E-state index in [2.05, 4.69) is 18.0 Å². The number of halogens is 1. The molecule has 0 aliphatic rings. The van der Waals surface area contributed by atoms with Gasteiger partial charge in [0.2, 0.25) is 0 Å². The van der Waals surface area contributed by atoms with E-state index in [0.717, 1.165) is 27.4 Å². The molecule has 2 nitrogen and oxygen atoms in total. The van der Waals surface area contributed by atoms with E-state index in [1.54, 1.807) is 0 Å². The highest BCUT2D eigenvalue weighted by atomic mass is 35.5.